The van der Waals surface area contributed by atoms with Gasteiger partial charge in [-0.25, -0.2) is 0 Å². The molecule has 1 aromatic heterocycles. The van der Waals surface area contributed by atoms with Gasteiger partial charge in [0.1, 0.15) is 0 Å². The third-order valence-electron chi connectivity index (χ3n) is 5.18. The van der Waals surface area contributed by atoms with Gasteiger partial charge in [0, 0.05) is 25.6 Å². The molecule has 2 aliphatic rings. The molecule has 1 heterocycles. The van der Waals surface area contributed by atoms with E-state index < -0.39 is 0 Å². The Hall–Kier alpha value is -0.100. The number of amides is 1. The topological polar surface area (TPSA) is 46.3 Å². The molecule has 6 heteroatoms. The van der Waals surface area contributed by atoms with Crippen molar-refractivity contribution in [3.8, 4) is 0 Å². The minimum atomic E-state index is 0. The highest BCUT2D eigenvalue weighted by Crippen LogP contribution is 2.42. The zero-order valence-electron chi connectivity index (χ0n) is 12.8. The Labute approximate surface area is 151 Å². The molecule has 1 aromatic rings. The zero-order chi connectivity index (χ0) is 15.0. The fourth-order valence-corrected chi connectivity index (χ4v) is 5.28. The lowest BCUT2D eigenvalue weighted by molar-refractivity contribution is -0.137. The van der Waals surface area contributed by atoms with Crippen molar-refractivity contribution in [2.75, 3.05) is 7.05 Å². The van der Waals surface area contributed by atoms with E-state index in [1.165, 1.54) is 24.8 Å². The average molecular weight is 408 g/mol. The Morgan fingerprint density at radius 3 is 2.59 bits per heavy atom. The highest BCUT2D eigenvalue weighted by molar-refractivity contribution is 9.11. The van der Waals surface area contributed by atoms with Crippen molar-refractivity contribution < 1.29 is 4.79 Å². The van der Waals surface area contributed by atoms with Crippen LogP contribution in [0.25, 0.3) is 0 Å². The number of carbonyl (C=O) groups is 1. The smallest absolute Gasteiger partial charge is 0.225 e. The predicted molar refractivity (Wildman–Crippen MR) is 97.3 cm³/mol. The van der Waals surface area contributed by atoms with E-state index >= 15 is 0 Å². The Balaban J connectivity index is 0.00000176. The monoisotopic (exact) mass is 406 g/mol. The summed E-state index contributed by atoms with van der Waals surface area (Å²) in [5.41, 5.74) is 7.52. The van der Waals surface area contributed by atoms with E-state index in [1.54, 1.807) is 11.3 Å². The SMILES string of the molecule is CN(Cc1csc(Br)c1)C(=O)C1CC2CCCC(C1)C2N.Cl. The van der Waals surface area contributed by atoms with Crippen LogP contribution in [-0.2, 0) is 11.3 Å². The number of fused-ring (bicyclic) bond motifs is 2. The molecule has 0 spiro atoms. The molecule has 3 rings (SSSR count). The van der Waals surface area contributed by atoms with Crippen LogP contribution in [0.5, 0.6) is 0 Å². The molecular formula is C16H24BrClN2OS. The molecular weight excluding hydrogens is 384 g/mol. The maximum atomic E-state index is 12.7. The molecule has 0 radical (unpaired) electrons. The van der Waals surface area contributed by atoms with Gasteiger partial charge in [0.2, 0.25) is 5.91 Å². The van der Waals surface area contributed by atoms with Crippen molar-refractivity contribution >= 4 is 45.6 Å². The number of halogens is 2. The first kappa shape index (κ1) is 18.2. The molecule has 124 valence electrons. The Morgan fingerprint density at radius 1 is 1.41 bits per heavy atom. The second-order valence-electron chi connectivity index (χ2n) is 6.65. The van der Waals surface area contributed by atoms with Crippen LogP contribution in [0.3, 0.4) is 0 Å². The fourth-order valence-electron chi connectivity index (χ4n) is 4.08. The van der Waals surface area contributed by atoms with Crippen LogP contribution in [0.4, 0.5) is 0 Å². The third-order valence-corrected chi connectivity index (χ3v) is 6.73. The Bertz CT molecular complexity index is 510. The van der Waals surface area contributed by atoms with Gasteiger partial charge in [-0.2, -0.15) is 0 Å². The summed E-state index contributed by atoms with van der Waals surface area (Å²) in [5.74, 6) is 1.62. The van der Waals surface area contributed by atoms with Gasteiger partial charge in [0.15, 0.2) is 0 Å². The molecule has 0 saturated heterocycles. The lowest BCUT2D eigenvalue weighted by Crippen LogP contribution is -2.49. The molecule has 0 aromatic carbocycles. The molecule has 2 atom stereocenters. The lowest BCUT2D eigenvalue weighted by Gasteiger charge is -2.44. The van der Waals surface area contributed by atoms with Crippen molar-refractivity contribution in [3.63, 3.8) is 0 Å². The number of carbonyl (C=O) groups excluding carboxylic acids is 1. The highest BCUT2D eigenvalue weighted by atomic mass is 79.9. The summed E-state index contributed by atoms with van der Waals surface area (Å²) in [4.78, 5) is 14.6. The summed E-state index contributed by atoms with van der Waals surface area (Å²) < 4.78 is 1.12. The van der Waals surface area contributed by atoms with E-state index in [0.717, 1.165) is 16.6 Å². The molecule has 2 N–H and O–H groups in total. The lowest BCUT2D eigenvalue weighted by atomic mass is 9.65. The molecule has 1 amide bonds. The van der Waals surface area contributed by atoms with Crippen molar-refractivity contribution in [1.29, 1.82) is 0 Å². The molecule has 3 nitrogen and oxygen atoms in total. The van der Waals surface area contributed by atoms with Crippen LogP contribution in [0, 0.1) is 17.8 Å². The second kappa shape index (κ2) is 7.65. The van der Waals surface area contributed by atoms with E-state index in [-0.39, 0.29) is 18.3 Å². The van der Waals surface area contributed by atoms with Gasteiger partial charge >= 0.3 is 0 Å². The van der Waals surface area contributed by atoms with Crippen molar-refractivity contribution in [3.05, 3.63) is 20.8 Å². The van der Waals surface area contributed by atoms with Gasteiger partial charge in [-0.1, -0.05) is 6.42 Å². The summed E-state index contributed by atoms with van der Waals surface area (Å²) in [5, 5.41) is 2.11. The number of hydrogen-bond acceptors (Lipinski definition) is 3. The first-order valence-electron chi connectivity index (χ1n) is 7.78. The van der Waals surface area contributed by atoms with Crippen LogP contribution in [0.1, 0.15) is 37.7 Å². The maximum Gasteiger partial charge on any atom is 0.225 e. The van der Waals surface area contributed by atoms with Crippen molar-refractivity contribution in [2.45, 2.75) is 44.7 Å². The van der Waals surface area contributed by atoms with Gasteiger partial charge in [-0.15, -0.1) is 23.7 Å². The molecule has 0 aliphatic heterocycles. The number of nitrogens with two attached hydrogens (primary N) is 1. The number of nitrogens with zero attached hydrogens (tertiary/aromatic N) is 1. The summed E-state index contributed by atoms with van der Waals surface area (Å²) in [6.07, 6.45) is 5.70. The average Bonchev–Trinajstić information content (AvgIpc) is 2.83. The highest BCUT2D eigenvalue weighted by Gasteiger charge is 2.41. The van der Waals surface area contributed by atoms with Gasteiger partial charge in [-0.05, 0) is 70.5 Å². The van der Waals surface area contributed by atoms with Crippen LogP contribution in [0.15, 0.2) is 15.2 Å². The second-order valence-corrected chi connectivity index (χ2v) is 8.94. The maximum absolute atomic E-state index is 12.7. The van der Waals surface area contributed by atoms with E-state index in [4.69, 9.17) is 5.73 Å². The van der Waals surface area contributed by atoms with Gasteiger partial charge < -0.3 is 10.6 Å². The van der Waals surface area contributed by atoms with Crippen LogP contribution < -0.4 is 5.73 Å². The number of thiophene rings is 1. The van der Waals surface area contributed by atoms with E-state index in [1.807, 2.05) is 11.9 Å². The molecule has 2 aliphatic carbocycles. The number of rotatable bonds is 3. The number of hydrogen-bond donors (Lipinski definition) is 1. The minimum Gasteiger partial charge on any atom is -0.341 e. The van der Waals surface area contributed by atoms with Crippen LogP contribution in [0.2, 0.25) is 0 Å². The zero-order valence-corrected chi connectivity index (χ0v) is 16.1. The summed E-state index contributed by atoms with van der Waals surface area (Å²) >= 11 is 5.15. The molecule has 2 bridgehead atoms. The quantitative estimate of drug-likeness (QED) is 0.821. The van der Waals surface area contributed by atoms with Crippen molar-refractivity contribution in [2.24, 2.45) is 23.5 Å². The first-order chi connectivity index (χ1) is 10.0. The normalized spacial score (nSPS) is 30.5. The summed E-state index contributed by atoms with van der Waals surface area (Å²) in [7, 11) is 1.93. The van der Waals surface area contributed by atoms with E-state index in [9.17, 15) is 4.79 Å². The molecule has 22 heavy (non-hydrogen) atoms. The fraction of sp³-hybridized carbons (Fsp3) is 0.688. The molecule has 2 fully saturated rings. The van der Waals surface area contributed by atoms with Gasteiger partial charge in [0.25, 0.3) is 0 Å². The standard InChI is InChI=1S/C16H23BrN2OS.ClH/c1-19(8-10-5-14(17)21-9-10)16(20)13-6-11-3-2-4-12(7-13)15(11)18;/h5,9,11-13,15H,2-4,6-8,18H2,1H3;1H. The summed E-state index contributed by atoms with van der Waals surface area (Å²) in [6.45, 7) is 0.707. The van der Waals surface area contributed by atoms with Gasteiger partial charge in [-0.3, -0.25) is 4.79 Å². The van der Waals surface area contributed by atoms with E-state index in [0.29, 0.717) is 30.3 Å². The summed E-state index contributed by atoms with van der Waals surface area (Å²) in [6, 6.07) is 2.43. The van der Waals surface area contributed by atoms with Gasteiger partial charge in [0.05, 0.1) is 3.79 Å². The molecule has 2 saturated carbocycles. The van der Waals surface area contributed by atoms with Crippen LogP contribution in [-0.4, -0.2) is 23.9 Å². The van der Waals surface area contributed by atoms with Crippen molar-refractivity contribution in [1.82, 2.24) is 4.90 Å². The third kappa shape index (κ3) is 3.86. The van der Waals surface area contributed by atoms with Crippen LogP contribution >= 0.6 is 39.7 Å². The Morgan fingerprint density at radius 2 is 2.05 bits per heavy atom. The first-order valence-corrected chi connectivity index (χ1v) is 9.45. The largest absolute Gasteiger partial charge is 0.341 e. The predicted octanol–water partition coefficient (Wildman–Crippen LogP) is 4.04. The minimum absolute atomic E-state index is 0. The Kier molecular flexibility index (Phi) is 6.34. The molecule has 2 unspecified atom stereocenters. The van der Waals surface area contributed by atoms with E-state index in [2.05, 4.69) is 27.4 Å².